The molecule has 148 heavy (non-hydrogen) atoms. The van der Waals surface area contributed by atoms with Crippen LogP contribution in [0.2, 0.25) is 20.1 Å². The summed E-state index contributed by atoms with van der Waals surface area (Å²) in [6, 6.07) is 65.6. The minimum Gasteiger partial charge on any atom is -0.486 e. The summed E-state index contributed by atoms with van der Waals surface area (Å²) in [7, 11) is -9.52. The molecular weight excluding hydrogens is 2120 g/mol. The molecule has 34 nitrogen and oxygen atoms in total. The van der Waals surface area contributed by atoms with Crippen molar-refractivity contribution in [2.45, 2.75) is 148 Å². The maximum atomic E-state index is 13.6. The van der Waals surface area contributed by atoms with Crippen molar-refractivity contribution in [3.63, 3.8) is 0 Å². The topological polar surface area (TPSA) is 408 Å². The third-order valence-electron chi connectivity index (χ3n) is 27.4. The molecule has 8 aromatic carbocycles. The molecule has 2 aliphatic carbocycles. The summed E-state index contributed by atoms with van der Waals surface area (Å²) in [5, 5.41) is 15.3. The molecule has 0 unspecified atom stereocenters. The fourth-order valence-corrected chi connectivity index (χ4v) is 27.4. The summed E-state index contributed by atoms with van der Waals surface area (Å²) in [6.45, 7) is 12.9. The van der Waals surface area contributed by atoms with Crippen molar-refractivity contribution in [1.82, 2.24) is 44.5 Å². The first-order chi connectivity index (χ1) is 70.5. The van der Waals surface area contributed by atoms with E-state index in [2.05, 4.69) is 63.1 Å². The molecule has 796 valence electrons. The number of piperidine rings is 6. The van der Waals surface area contributed by atoms with E-state index in [1.165, 1.54) is 24.5 Å². The minimum atomic E-state index is -3.53. The van der Waals surface area contributed by atoms with Crippen molar-refractivity contribution < 1.29 is 60.0 Å². The van der Waals surface area contributed by atoms with E-state index < -0.39 is 80.5 Å². The molecule has 0 amide bonds. The Morgan fingerprint density at radius 1 is 0.358 bits per heavy atom. The predicted molar refractivity (Wildman–Crippen MR) is 592 cm³/mol. The Hall–Kier alpha value is -10.6. The highest BCUT2D eigenvalue weighted by atomic mass is 35.7. The van der Waals surface area contributed by atoms with Crippen molar-refractivity contribution in [1.29, 1.82) is 0 Å². The number of aromatic nitrogens is 6. The van der Waals surface area contributed by atoms with Crippen LogP contribution in [0.1, 0.15) is 117 Å². The van der Waals surface area contributed by atoms with E-state index in [9.17, 15) is 64.9 Å². The fraction of sp³-hybridized carbons (Fsp3) is 0.417. The van der Waals surface area contributed by atoms with Crippen molar-refractivity contribution in [2.24, 2.45) is 10.8 Å². The van der Waals surface area contributed by atoms with Gasteiger partial charge in [-0.2, -0.15) is 29.3 Å². The third kappa shape index (κ3) is 31.1. The molecule has 19 rings (SSSR count). The van der Waals surface area contributed by atoms with Gasteiger partial charge in [0.1, 0.15) is 16.4 Å². The van der Waals surface area contributed by atoms with Crippen LogP contribution in [0.3, 0.4) is 0 Å². The van der Waals surface area contributed by atoms with Crippen molar-refractivity contribution in [2.75, 3.05) is 151 Å². The first-order valence-electron chi connectivity index (χ1n) is 49.1. The van der Waals surface area contributed by atoms with E-state index >= 15 is 0 Å². The van der Waals surface area contributed by atoms with E-state index in [1.807, 2.05) is 95.5 Å². The maximum Gasteiger partial charge on any atom is 0.316 e. The number of hydrogen-bond acceptors (Lipinski definition) is 26. The summed E-state index contributed by atoms with van der Waals surface area (Å²) in [4.78, 5) is 50.0. The number of sulfonamides is 5. The second kappa shape index (κ2) is 50.6. The van der Waals surface area contributed by atoms with Crippen LogP contribution in [0.5, 0.6) is 11.5 Å². The van der Waals surface area contributed by atoms with Crippen LogP contribution in [-0.2, 0) is 59.2 Å². The molecule has 2 saturated carbocycles. The maximum absolute atomic E-state index is 13.6. The lowest BCUT2D eigenvalue weighted by Crippen LogP contribution is -2.45. The van der Waals surface area contributed by atoms with Gasteiger partial charge in [-0.05, 0) is 271 Å². The molecule has 0 radical (unpaired) electrons. The number of ether oxygens (including phenoxy) is 2. The van der Waals surface area contributed by atoms with Gasteiger partial charge < -0.3 is 39.3 Å². The Balaban J connectivity index is 0.000000146. The molecule has 45 heteroatoms. The highest BCUT2D eigenvalue weighted by molar-refractivity contribution is 8.14. The molecule has 3 aromatic heterocycles. The van der Waals surface area contributed by atoms with Gasteiger partial charge in [0.25, 0.3) is 5.56 Å². The van der Waals surface area contributed by atoms with E-state index in [0.717, 1.165) is 65.0 Å². The molecule has 0 atom stereocenters. The summed E-state index contributed by atoms with van der Waals surface area (Å²) in [6.07, 6.45) is 15.7. The Labute approximate surface area is 891 Å². The second-order valence-electron chi connectivity index (χ2n) is 38.7. The van der Waals surface area contributed by atoms with E-state index in [4.69, 9.17) is 66.6 Å². The number of anilines is 8. The number of benzene rings is 8. The number of rotatable bonds is 28. The quantitative estimate of drug-likeness (QED) is 0.0284. The summed E-state index contributed by atoms with van der Waals surface area (Å²) < 4.78 is 176. The lowest BCUT2D eigenvalue weighted by atomic mass is 10.1. The molecule has 9 heterocycles. The van der Waals surface area contributed by atoms with Crippen LogP contribution in [0.4, 0.5) is 45.5 Å². The first-order valence-corrected chi connectivity index (χ1v) is 60.7. The number of para-hydroxylation sites is 5. The minimum absolute atomic E-state index is 0.0405. The predicted octanol–water partition coefficient (Wildman–Crippen LogP) is 16.3. The molecule has 11 aromatic rings. The average molecular weight is 2240 g/mol. The number of likely N-dealkylation sites (tertiary alicyclic amines) is 2. The first kappa shape index (κ1) is 113. The molecule has 0 spiro atoms. The average Bonchev–Trinajstić information content (AvgIpc) is 1.25. The zero-order valence-corrected chi connectivity index (χ0v) is 91.6. The van der Waals surface area contributed by atoms with Crippen molar-refractivity contribution in [3.8, 4) is 28.6 Å². The lowest BCUT2D eigenvalue weighted by molar-refractivity contribution is 0.243. The van der Waals surface area contributed by atoms with Gasteiger partial charge in [-0.25, -0.2) is 50.5 Å². The molecular formula is C103H126Cl5N17O17S6. The van der Waals surface area contributed by atoms with Crippen LogP contribution < -0.4 is 69.4 Å². The number of hydrogen-bond donors (Lipinski definition) is 5. The molecule has 8 fully saturated rings. The smallest absolute Gasteiger partial charge is 0.316 e. The fourth-order valence-electron chi connectivity index (χ4n) is 17.7. The van der Waals surface area contributed by atoms with Gasteiger partial charge in [-0.3, -0.25) is 37.6 Å². The Morgan fingerprint density at radius 3 is 0.946 bits per heavy atom. The number of nitrogens with one attached hydrogen (secondary N) is 5. The monoisotopic (exact) mass is 2240 g/mol. The van der Waals surface area contributed by atoms with Crippen molar-refractivity contribution >= 4 is 162 Å². The SMILES string of the molecule is CC1(COc2c(N3CCC(S(=O)(=O)Nc4ccccc4)CC3)cnn(-c3cccc(Cl)c3)c2=O)CC1.CN(c1ccccc1)S(=O)(=O)C1CCN(c2cnn(-c3cccc(Cl)c3)c(=O)c2OCC2(C)CC2)CC1.CN1CCC(S(=O)(=O)Cl)CC1.CN1CCC(S(=O)(=O)Nc2ccccc2)CC1.O=S(=O)(Nc1ccccc1)C1CCNCC1.O=c1c(Cl)c(N2CCC(S(=O)(=O)Nc3ccccc3)CC2)cnn1-c1cccc(Cl)c1. The highest BCUT2D eigenvalue weighted by Gasteiger charge is 2.43. The van der Waals surface area contributed by atoms with E-state index in [0.29, 0.717) is 207 Å². The van der Waals surface area contributed by atoms with Gasteiger partial charge in [0.05, 0.1) is 91.7 Å². The van der Waals surface area contributed by atoms with Gasteiger partial charge in [0.2, 0.25) is 70.7 Å². The molecule has 6 aliphatic heterocycles. The Kier molecular flexibility index (Phi) is 38.6. The number of nitrogens with zero attached hydrogens (tertiary/aromatic N) is 12. The molecule has 8 aliphatic rings. The van der Waals surface area contributed by atoms with Crippen LogP contribution in [-0.4, -0.2) is 234 Å². The van der Waals surface area contributed by atoms with E-state index in [1.54, 1.807) is 177 Å². The zero-order chi connectivity index (χ0) is 106. The second-order valence-corrected chi connectivity index (χ2v) is 53.4. The molecule has 6 saturated heterocycles. The summed E-state index contributed by atoms with van der Waals surface area (Å²) >= 11 is 24.7. The van der Waals surface area contributed by atoms with Gasteiger partial charge in [-0.1, -0.05) is 169 Å². The van der Waals surface area contributed by atoms with Crippen molar-refractivity contribution in [3.05, 3.63) is 294 Å². The van der Waals surface area contributed by atoms with Crippen LogP contribution in [0.25, 0.3) is 17.1 Å². The van der Waals surface area contributed by atoms with Crippen LogP contribution in [0.15, 0.2) is 257 Å². The largest absolute Gasteiger partial charge is 0.486 e. The zero-order valence-electron chi connectivity index (χ0n) is 82.9. The summed E-state index contributed by atoms with van der Waals surface area (Å²) in [5.41, 5.74) is 5.32. The molecule has 0 bridgehead atoms. The Bertz CT molecular complexity index is 7230. The van der Waals surface area contributed by atoms with Crippen LogP contribution >= 0.6 is 57.1 Å². The molecule has 5 N–H and O–H groups in total. The lowest BCUT2D eigenvalue weighted by Gasteiger charge is -2.35. The normalized spacial score (nSPS) is 17.7. The Morgan fingerprint density at radius 2 is 0.635 bits per heavy atom. The standard InChI is InChI=1S/C27H31ClN4O4S.C26H29ClN4O4S.C21H20Cl2N4O3S.C12H18N2O2S.C11H16N2O2S.C6H12ClNO2S/c1-27(13-14-27)19-36-25-24(18-29-32(26(25)33)22-10-6-7-20(28)17-22)31-15-11-23(12-16-31)37(34,35)30(2)21-8-4-3-5-9-21;1-26(12-13-26)18-35-24-23(17-28-31(25(24)32)21-9-5-6-19(27)16-21)30-14-10-22(11-15-30)36(33,34)29-20-7-3-2-4-8-20;22-15-5-4-8-17(13-15)27-21(28)20(23)19(14-24-27)26-11-9-18(10-12-26)31(29,30)25-16-6-2-1-3-7-16;1-14-9-7-12(8-10-14)17(15,16)13-11-5-3-2-4-6-11;14-16(15,11-6-8-12-9-7-11)13-10-4-2-1-3-5-10;1-8-4-2-6(3-5-8)11(7,9)10/h3-10,17-18,23H,11-16,19H2,1-2H3;2-9,16-17,22,29H,10-15,18H2,1H3;1-8,13-14,18,25H,9-12H2;2-6,12-13H,7-10H2,1H3;1-5,11-13H,6-9H2;6H,2-5H2,1H3. The van der Waals surface area contributed by atoms with Gasteiger partial charge in [-0.15, -0.1) is 0 Å². The van der Waals surface area contributed by atoms with Crippen LogP contribution in [0, 0.1) is 10.8 Å². The van der Waals surface area contributed by atoms with Gasteiger partial charge >= 0.3 is 11.1 Å². The van der Waals surface area contributed by atoms with Gasteiger partial charge in [0.15, 0.2) is 0 Å². The highest BCUT2D eigenvalue weighted by Crippen LogP contribution is 2.47. The van der Waals surface area contributed by atoms with Gasteiger partial charge in [0, 0.05) is 106 Å². The van der Waals surface area contributed by atoms with E-state index in [-0.39, 0.29) is 54.2 Å². The number of halogens is 5. The summed E-state index contributed by atoms with van der Waals surface area (Å²) in [5.74, 6) is 0.479. The third-order valence-corrected chi connectivity index (χ3v) is 40.3.